The first-order valence-corrected chi connectivity index (χ1v) is 6.42. The summed E-state index contributed by atoms with van der Waals surface area (Å²) in [6.07, 6.45) is 8.56. The van der Waals surface area contributed by atoms with Gasteiger partial charge in [0.15, 0.2) is 0 Å². The van der Waals surface area contributed by atoms with Gasteiger partial charge >= 0.3 is 5.97 Å². The van der Waals surface area contributed by atoms with E-state index in [9.17, 15) is 4.79 Å². The summed E-state index contributed by atoms with van der Waals surface area (Å²) >= 11 is 0. The van der Waals surface area contributed by atoms with Crippen molar-refractivity contribution in [1.82, 2.24) is 0 Å². The Hall–Kier alpha value is -1.61. The van der Waals surface area contributed by atoms with Crippen LogP contribution in [0.3, 0.4) is 0 Å². The molecule has 0 amide bonds. The minimum atomic E-state index is -0.918. The summed E-state index contributed by atoms with van der Waals surface area (Å²) in [4.78, 5) is 10.4. The van der Waals surface area contributed by atoms with Crippen molar-refractivity contribution in [2.24, 2.45) is 5.73 Å². The average molecular weight is 247 g/mol. The molecule has 1 aromatic carbocycles. The molecule has 0 unspecified atom stereocenters. The number of nitrogens with two attached hydrogens (primary N) is 1. The van der Waals surface area contributed by atoms with E-state index >= 15 is 0 Å². The first kappa shape index (κ1) is 14.5. The Labute approximate surface area is 108 Å². The first-order chi connectivity index (χ1) is 8.72. The summed E-state index contributed by atoms with van der Waals surface area (Å²) in [7, 11) is 0. The van der Waals surface area contributed by atoms with Crippen molar-refractivity contribution in [2.45, 2.75) is 32.1 Å². The van der Waals surface area contributed by atoms with Crippen LogP contribution in [0.5, 0.6) is 0 Å². The van der Waals surface area contributed by atoms with Gasteiger partial charge in [-0.15, -0.1) is 0 Å². The summed E-state index contributed by atoms with van der Waals surface area (Å²) in [5.41, 5.74) is 7.66. The maximum atomic E-state index is 10.4. The highest BCUT2D eigenvalue weighted by Crippen LogP contribution is 2.10. The van der Waals surface area contributed by atoms with Crippen molar-refractivity contribution >= 4 is 12.0 Å². The maximum absolute atomic E-state index is 10.4. The summed E-state index contributed by atoms with van der Waals surface area (Å²) in [5, 5.41) is 8.52. The lowest BCUT2D eigenvalue weighted by molar-refractivity contribution is -0.131. The Bertz CT molecular complexity index is 382. The van der Waals surface area contributed by atoms with Gasteiger partial charge in [-0.1, -0.05) is 37.1 Å². The number of unbranched alkanes of at least 4 members (excludes halogenated alkanes) is 3. The molecule has 0 fully saturated rings. The Balaban J connectivity index is 2.34. The highest BCUT2D eigenvalue weighted by atomic mass is 16.4. The van der Waals surface area contributed by atoms with Crippen LogP contribution in [0.1, 0.15) is 36.8 Å². The standard InChI is InChI=1S/C15H21NO2/c16-12-4-2-1-3-5-13-6-8-14(9-7-13)10-11-15(17)18/h6-11H,1-5,12,16H2,(H,17,18). The first-order valence-electron chi connectivity index (χ1n) is 6.42. The largest absolute Gasteiger partial charge is 0.478 e. The van der Waals surface area contributed by atoms with Gasteiger partial charge in [0.05, 0.1) is 0 Å². The summed E-state index contributed by atoms with van der Waals surface area (Å²) in [6.45, 7) is 0.782. The van der Waals surface area contributed by atoms with Gasteiger partial charge in [0.2, 0.25) is 0 Å². The minimum absolute atomic E-state index is 0.782. The molecule has 0 bridgehead atoms. The molecule has 98 valence electrons. The molecular weight excluding hydrogens is 226 g/mol. The number of carboxylic acids is 1. The van der Waals surface area contributed by atoms with Gasteiger partial charge < -0.3 is 10.8 Å². The molecule has 0 aliphatic rings. The van der Waals surface area contributed by atoms with Crippen molar-refractivity contribution in [3.63, 3.8) is 0 Å². The van der Waals surface area contributed by atoms with Crippen LogP contribution in [0.25, 0.3) is 6.08 Å². The molecule has 0 aromatic heterocycles. The van der Waals surface area contributed by atoms with Gasteiger partial charge in [-0.25, -0.2) is 4.79 Å². The third kappa shape index (κ3) is 6.21. The average Bonchev–Trinajstić information content (AvgIpc) is 2.37. The van der Waals surface area contributed by atoms with Crippen LogP contribution < -0.4 is 5.73 Å². The fourth-order valence-electron chi connectivity index (χ4n) is 1.79. The molecule has 0 saturated heterocycles. The minimum Gasteiger partial charge on any atom is -0.478 e. The van der Waals surface area contributed by atoms with E-state index in [-0.39, 0.29) is 0 Å². The zero-order valence-corrected chi connectivity index (χ0v) is 10.6. The van der Waals surface area contributed by atoms with E-state index in [1.807, 2.05) is 12.1 Å². The second-order valence-electron chi connectivity index (χ2n) is 4.37. The Morgan fingerprint density at radius 1 is 1.11 bits per heavy atom. The van der Waals surface area contributed by atoms with Gasteiger partial charge in [0.25, 0.3) is 0 Å². The number of hydrogen-bond donors (Lipinski definition) is 2. The fourth-order valence-corrected chi connectivity index (χ4v) is 1.79. The third-order valence-electron chi connectivity index (χ3n) is 2.82. The lowest BCUT2D eigenvalue weighted by Gasteiger charge is -2.02. The van der Waals surface area contributed by atoms with Crippen LogP contribution in [0.2, 0.25) is 0 Å². The van der Waals surface area contributed by atoms with Gasteiger partial charge in [-0.05, 0) is 43.0 Å². The van der Waals surface area contributed by atoms with Crippen LogP contribution in [0.4, 0.5) is 0 Å². The van der Waals surface area contributed by atoms with E-state index in [2.05, 4.69) is 12.1 Å². The summed E-state index contributed by atoms with van der Waals surface area (Å²) < 4.78 is 0. The predicted octanol–water partition coefficient (Wildman–Crippen LogP) is 2.85. The molecule has 1 rings (SSSR count). The Kier molecular flexibility index (Phi) is 6.81. The van der Waals surface area contributed by atoms with Crippen molar-refractivity contribution in [2.75, 3.05) is 6.54 Å². The van der Waals surface area contributed by atoms with E-state index in [4.69, 9.17) is 10.8 Å². The molecule has 0 heterocycles. The van der Waals surface area contributed by atoms with E-state index in [0.717, 1.165) is 31.0 Å². The van der Waals surface area contributed by atoms with Gasteiger partial charge in [0.1, 0.15) is 0 Å². The van der Waals surface area contributed by atoms with Crippen molar-refractivity contribution in [1.29, 1.82) is 0 Å². The summed E-state index contributed by atoms with van der Waals surface area (Å²) in [6, 6.07) is 8.03. The van der Waals surface area contributed by atoms with Crippen LogP contribution in [0, 0.1) is 0 Å². The molecule has 18 heavy (non-hydrogen) atoms. The van der Waals surface area contributed by atoms with Crippen molar-refractivity contribution in [3.8, 4) is 0 Å². The smallest absolute Gasteiger partial charge is 0.328 e. The number of benzene rings is 1. The normalized spacial score (nSPS) is 10.9. The summed E-state index contributed by atoms with van der Waals surface area (Å²) in [5.74, 6) is -0.918. The number of carboxylic acid groups (broad SMARTS) is 1. The highest BCUT2D eigenvalue weighted by molar-refractivity contribution is 5.85. The Morgan fingerprint density at radius 3 is 2.39 bits per heavy atom. The number of rotatable bonds is 8. The van der Waals surface area contributed by atoms with Crippen LogP contribution in [-0.4, -0.2) is 17.6 Å². The molecular formula is C15H21NO2. The molecule has 3 nitrogen and oxygen atoms in total. The molecule has 0 aliphatic carbocycles. The van der Waals surface area contributed by atoms with Gasteiger partial charge in [-0.2, -0.15) is 0 Å². The molecule has 3 heteroatoms. The maximum Gasteiger partial charge on any atom is 0.328 e. The zero-order valence-electron chi connectivity index (χ0n) is 10.6. The molecule has 0 aliphatic heterocycles. The number of carbonyl (C=O) groups is 1. The molecule has 1 aromatic rings. The predicted molar refractivity (Wildman–Crippen MR) is 74.3 cm³/mol. The SMILES string of the molecule is NCCCCCCc1ccc(C=CC(=O)O)cc1. The monoisotopic (exact) mass is 247 g/mol. The quantitative estimate of drug-likeness (QED) is 0.548. The van der Waals surface area contributed by atoms with Gasteiger partial charge in [-0.3, -0.25) is 0 Å². The van der Waals surface area contributed by atoms with Gasteiger partial charge in [0, 0.05) is 6.08 Å². The second-order valence-corrected chi connectivity index (χ2v) is 4.37. The van der Waals surface area contributed by atoms with Crippen LogP contribution in [-0.2, 0) is 11.2 Å². The Morgan fingerprint density at radius 2 is 1.78 bits per heavy atom. The van der Waals surface area contributed by atoms with Crippen molar-refractivity contribution < 1.29 is 9.90 Å². The topological polar surface area (TPSA) is 63.3 Å². The van der Waals surface area contributed by atoms with Crippen molar-refractivity contribution in [3.05, 3.63) is 41.5 Å². The van der Waals surface area contributed by atoms with E-state index in [0.29, 0.717) is 0 Å². The molecule has 0 atom stereocenters. The highest BCUT2D eigenvalue weighted by Gasteiger charge is 1.95. The zero-order chi connectivity index (χ0) is 13.2. The molecule has 0 saturated carbocycles. The fraction of sp³-hybridized carbons (Fsp3) is 0.400. The van der Waals surface area contributed by atoms with E-state index < -0.39 is 5.97 Å². The number of aliphatic carboxylic acids is 1. The third-order valence-corrected chi connectivity index (χ3v) is 2.82. The number of hydrogen-bond acceptors (Lipinski definition) is 2. The lowest BCUT2D eigenvalue weighted by Crippen LogP contribution is -1.97. The van der Waals surface area contributed by atoms with Crippen LogP contribution >= 0.6 is 0 Å². The van der Waals surface area contributed by atoms with E-state index in [1.165, 1.54) is 24.8 Å². The lowest BCUT2D eigenvalue weighted by atomic mass is 10.0. The molecule has 0 spiro atoms. The molecule has 0 radical (unpaired) electrons. The number of aryl methyl sites for hydroxylation is 1. The second kappa shape index (κ2) is 8.48. The molecule has 3 N–H and O–H groups in total. The van der Waals surface area contributed by atoms with Crippen LogP contribution in [0.15, 0.2) is 30.3 Å². The van der Waals surface area contributed by atoms with E-state index in [1.54, 1.807) is 6.08 Å².